The van der Waals surface area contributed by atoms with E-state index in [1.807, 2.05) is 24.3 Å². The molecule has 0 fully saturated rings. The van der Waals surface area contributed by atoms with Crippen molar-refractivity contribution >= 4 is 45.3 Å². The van der Waals surface area contributed by atoms with Crippen molar-refractivity contribution in [2.45, 2.75) is 68.1 Å². The topological polar surface area (TPSA) is 12.4 Å². The summed E-state index contributed by atoms with van der Waals surface area (Å²) in [5.74, 6) is 3.22. The van der Waals surface area contributed by atoms with Gasteiger partial charge < -0.3 is 4.99 Å². The molecule has 1 rings (SSSR count). The molecule has 0 spiro atoms. The molecule has 0 aliphatic heterocycles. The molecule has 0 bridgehead atoms. The van der Waals surface area contributed by atoms with Crippen molar-refractivity contribution in [2.24, 2.45) is 4.99 Å². The van der Waals surface area contributed by atoms with E-state index in [9.17, 15) is 0 Å². The van der Waals surface area contributed by atoms with Crippen molar-refractivity contribution in [3.8, 4) is 11.5 Å². The van der Waals surface area contributed by atoms with Crippen molar-refractivity contribution in [1.82, 2.24) is 0 Å². The Bertz CT molecular complexity index is 579. The van der Waals surface area contributed by atoms with E-state index in [1.54, 1.807) is 6.92 Å². The van der Waals surface area contributed by atoms with Gasteiger partial charge >= 0.3 is 27.7 Å². The van der Waals surface area contributed by atoms with Crippen LogP contribution in [0.1, 0.15) is 54.0 Å². The molecule has 6 heteroatoms. The molecule has 0 aliphatic carbocycles. The maximum absolute atomic E-state index is 4.49. The van der Waals surface area contributed by atoms with E-state index in [4.69, 9.17) is 0 Å². The zero-order valence-corrected chi connectivity index (χ0v) is 26.7. The summed E-state index contributed by atoms with van der Waals surface area (Å²) in [5, 5.41) is 0. The number of rotatable bonds is 7. The van der Waals surface area contributed by atoms with E-state index < -0.39 is 8.07 Å². The van der Waals surface area contributed by atoms with E-state index in [0.29, 0.717) is 15.8 Å². The number of hydrogen-bond acceptors (Lipinski definition) is 1. The predicted molar refractivity (Wildman–Crippen MR) is 152 cm³/mol. The summed E-state index contributed by atoms with van der Waals surface area (Å²) in [4.78, 5) is 4.17. The Kier molecular flexibility index (Phi) is 29.2. The van der Waals surface area contributed by atoms with Crippen LogP contribution in [0.25, 0.3) is 0 Å². The molecule has 0 atom stereocenters. The van der Waals surface area contributed by atoms with Gasteiger partial charge in [-0.25, -0.2) is 0 Å². The Labute approximate surface area is 213 Å². The first-order valence-corrected chi connectivity index (χ1v) is 20.6. The monoisotopic (exact) mass is 591 g/mol. The van der Waals surface area contributed by atoms with Crippen molar-refractivity contribution < 1.29 is 18.2 Å². The SMILES string of the molecule is CCP(CC)CC.CCP(CC)CC.C[C-]=Nc1ccccc1C#C[Si](C)(C)C.[Cl][Pd+]. The first-order chi connectivity index (χ1) is 14.7. The minimum absolute atomic E-state index is 0.446. The van der Waals surface area contributed by atoms with Crippen molar-refractivity contribution in [1.29, 1.82) is 0 Å². The Morgan fingerprint density at radius 3 is 1.52 bits per heavy atom. The Balaban J connectivity index is -0.000000412. The molecular weight excluding hydrogens is 546 g/mol. The fourth-order valence-electron chi connectivity index (χ4n) is 2.39. The van der Waals surface area contributed by atoms with Gasteiger partial charge in [0, 0.05) is 0 Å². The minimum atomic E-state index is -1.31. The maximum atomic E-state index is 4.49. The summed E-state index contributed by atoms with van der Waals surface area (Å²) in [6.07, 6.45) is 11.3. The Morgan fingerprint density at radius 2 is 1.23 bits per heavy atom. The zero-order chi connectivity index (χ0) is 24.7. The van der Waals surface area contributed by atoms with Crippen molar-refractivity contribution in [3.05, 3.63) is 29.8 Å². The van der Waals surface area contributed by atoms with Crippen LogP contribution in [0, 0.1) is 11.5 Å². The van der Waals surface area contributed by atoms with Gasteiger partial charge in [0.1, 0.15) is 8.07 Å². The van der Waals surface area contributed by atoms with Crippen molar-refractivity contribution in [3.63, 3.8) is 0 Å². The summed E-state index contributed by atoms with van der Waals surface area (Å²) >= 11 is 2.22. The number of para-hydroxylation sites is 1. The number of halogens is 1. The van der Waals surface area contributed by atoms with Crippen LogP contribution in [0.5, 0.6) is 0 Å². The third kappa shape index (κ3) is 23.4. The molecule has 31 heavy (non-hydrogen) atoms. The predicted octanol–water partition coefficient (Wildman–Crippen LogP) is 9.26. The van der Waals surface area contributed by atoms with Gasteiger partial charge in [-0.2, -0.15) is 6.21 Å². The van der Waals surface area contributed by atoms with E-state index >= 15 is 0 Å². The molecule has 0 saturated carbocycles. The number of aliphatic imine (C=N–C) groups is 1. The molecule has 1 aromatic carbocycles. The fourth-order valence-corrected chi connectivity index (χ4v) is 5.59. The molecule has 0 heterocycles. The number of benzene rings is 1. The van der Waals surface area contributed by atoms with Crippen LogP contribution >= 0.6 is 25.4 Å². The van der Waals surface area contributed by atoms with Gasteiger partial charge in [-0.15, -0.1) is 34.4 Å². The molecule has 0 saturated heterocycles. The summed E-state index contributed by atoms with van der Waals surface area (Å²) < 4.78 is 0. The zero-order valence-electron chi connectivity index (χ0n) is 21.6. The first-order valence-electron chi connectivity index (χ1n) is 11.3. The standard InChI is InChI=1S/C13H16NSi.2C6H15P.ClH.Pd/c1-5-14-13-9-7-6-8-12(13)10-11-15(2,3)4;2*1-4-7(5-2)6-3;;/h6-9H,1-4H3;2*4-6H2,1-3H3;1H;/q-1;;;;+2/p-1. The summed E-state index contributed by atoms with van der Waals surface area (Å²) in [6.45, 7) is 22.2. The molecule has 0 unspecified atom stereocenters. The van der Waals surface area contributed by atoms with Crippen LogP contribution in [0.3, 0.4) is 0 Å². The average molecular weight is 593 g/mol. The Hall–Kier alpha value is 0.479. The van der Waals surface area contributed by atoms with E-state index in [2.05, 4.69) is 112 Å². The third-order valence-electron chi connectivity index (χ3n) is 4.39. The number of nitrogens with zero attached hydrogens (tertiary/aromatic N) is 1. The Morgan fingerprint density at radius 1 is 0.839 bits per heavy atom. The molecule has 1 nitrogen and oxygen atoms in total. The van der Waals surface area contributed by atoms with Crippen LogP contribution in [-0.4, -0.2) is 51.3 Å². The average Bonchev–Trinajstić information content (AvgIpc) is 2.78. The van der Waals surface area contributed by atoms with Gasteiger partial charge in [0.25, 0.3) is 0 Å². The summed E-state index contributed by atoms with van der Waals surface area (Å²) in [6, 6.07) is 7.92. The molecular formula is C25H46ClNP2PdSi. The van der Waals surface area contributed by atoms with Crippen molar-refractivity contribution in [2.75, 3.05) is 37.0 Å². The van der Waals surface area contributed by atoms with Gasteiger partial charge in [0.2, 0.25) is 0 Å². The third-order valence-corrected chi connectivity index (χ3v) is 10.6. The fraction of sp³-hybridized carbons (Fsp3) is 0.640. The van der Waals surface area contributed by atoms with Gasteiger partial charge in [0.05, 0.1) is 0 Å². The van der Waals surface area contributed by atoms with Crippen LogP contribution in [0.15, 0.2) is 29.3 Å². The first kappa shape index (κ1) is 36.1. The van der Waals surface area contributed by atoms with E-state index in [0.717, 1.165) is 11.3 Å². The normalized spacial score (nSPS) is 10.3. The van der Waals surface area contributed by atoms with Crippen LogP contribution in [-0.2, 0) is 18.2 Å². The van der Waals surface area contributed by atoms with E-state index in [-0.39, 0.29) is 0 Å². The summed E-state index contributed by atoms with van der Waals surface area (Å²) in [5.41, 5.74) is 5.24. The molecule has 182 valence electrons. The number of hydrogen-bond donors (Lipinski definition) is 0. The second-order valence-electron chi connectivity index (χ2n) is 7.59. The van der Waals surface area contributed by atoms with Crippen LogP contribution < -0.4 is 0 Å². The van der Waals surface area contributed by atoms with Gasteiger partial charge in [-0.05, 0) is 42.5 Å². The molecule has 0 radical (unpaired) electrons. The second kappa shape index (κ2) is 25.1. The van der Waals surface area contributed by atoms with Crippen LogP contribution in [0.2, 0.25) is 19.6 Å². The van der Waals surface area contributed by atoms with Gasteiger partial charge in [-0.3, -0.25) is 0 Å². The second-order valence-corrected chi connectivity index (χ2v) is 18.8. The molecule has 0 amide bonds. The van der Waals surface area contributed by atoms with Gasteiger partial charge in [0.15, 0.2) is 0 Å². The van der Waals surface area contributed by atoms with Crippen LogP contribution in [0.4, 0.5) is 5.69 Å². The molecule has 0 aliphatic rings. The van der Waals surface area contributed by atoms with E-state index in [1.165, 1.54) is 37.0 Å². The van der Waals surface area contributed by atoms with Gasteiger partial charge in [-0.1, -0.05) is 91.0 Å². The molecule has 1 aromatic rings. The molecule has 0 aromatic heterocycles. The molecule has 0 N–H and O–H groups in total. The quantitative estimate of drug-likeness (QED) is 0.0984. The summed E-state index contributed by atoms with van der Waals surface area (Å²) in [7, 11) is 4.07.